The van der Waals surface area contributed by atoms with Crippen molar-refractivity contribution in [2.75, 3.05) is 5.32 Å². The van der Waals surface area contributed by atoms with Crippen molar-refractivity contribution in [3.05, 3.63) is 18.3 Å². The molecule has 1 aromatic rings. The van der Waals surface area contributed by atoms with Crippen LogP contribution in [0.2, 0.25) is 0 Å². The van der Waals surface area contributed by atoms with Crippen molar-refractivity contribution in [1.82, 2.24) is 10.2 Å². The molecular formula is C8H12N4O. The lowest BCUT2D eigenvalue weighted by atomic mass is 10.2. The van der Waals surface area contributed by atoms with Crippen molar-refractivity contribution in [1.29, 1.82) is 0 Å². The molecule has 0 unspecified atom stereocenters. The Morgan fingerprint density at radius 3 is 3.08 bits per heavy atom. The van der Waals surface area contributed by atoms with E-state index in [4.69, 9.17) is 5.73 Å². The number of carbonyl (C=O) groups excluding carboxylic acids is 1. The molecule has 0 fully saturated rings. The maximum absolute atomic E-state index is 11.2. The normalized spacial score (nSPS) is 12.2. The van der Waals surface area contributed by atoms with Gasteiger partial charge in [0.15, 0.2) is 5.82 Å². The van der Waals surface area contributed by atoms with Crippen molar-refractivity contribution in [2.24, 2.45) is 5.73 Å². The van der Waals surface area contributed by atoms with Crippen LogP contribution in [0.15, 0.2) is 18.3 Å². The van der Waals surface area contributed by atoms with E-state index < -0.39 is 6.04 Å². The molecule has 1 aromatic heterocycles. The van der Waals surface area contributed by atoms with E-state index in [0.717, 1.165) is 0 Å². The number of hydrogen-bond acceptors (Lipinski definition) is 4. The highest BCUT2D eigenvalue weighted by Crippen LogP contribution is 1.99. The molecule has 3 N–H and O–H groups in total. The standard InChI is InChI=1S/C8H12N4O/c1-2-6(9)8(13)11-7-4-3-5-10-12-7/h3-6H,2,9H2,1H3,(H,11,12,13)/t6-/m1/s1. The summed E-state index contributed by atoms with van der Waals surface area (Å²) in [6.07, 6.45) is 2.14. The first-order valence-corrected chi connectivity index (χ1v) is 4.08. The van der Waals surface area contributed by atoms with Crippen LogP contribution in [-0.2, 0) is 4.79 Å². The summed E-state index contributed by atoms with van der Waals surface area (Å²) in [5, 5.41) is 9.87. The highest BCUT2D eigenvalue weighted by Gasteiger charge is 2.10. The summed E-state index contributed by atoms with van der Waals surface area (Å²) < 4.78 is 0. The second kappa shape index (κ2) is 4.51. The summed E-state index contributed by atoms with van der Waals surface area (Å²) in [5.74, 6) is 0.194. The molecule has 0 aliphatic rings. The summed E-state index contributed by atoms with van der Waals surface area (Å²) in [4.78, 5) is 11.2. The average Bonchev–Trinajstić information content (AvgIpc) is 2.18. The van der Waals surface area contributed by atoms with Gasteiger partial charge in [-0.25, -0.2) is 0 Å². The molecule has 1 heterocycles. The lowest BCUT2D eigenvalue weighted by Gasteiger charge is -2.07. The Balaban J connectivity index is 2.55. The van der Waals surface area contributed by atoms with Gasteiger partial charge in [0.25, 0.3) is 0 Å². The Labute approximate surface area is 76.4 Å². The molecule has 13 heavy (non-hydrogen) atoms. The van der Waals surface area contributed by atoms with Crippen LogP contribution in [0.3, 0.4) is 0 Å². The summed E-state index contributed by atoms with van der Waals surface area (Å²) >= 11 is 0. The third kappa shape index (κ3) is 2.79. The Kier molecular flexibility index (Phi) is 3.33. The lowest BCUT2D eigenvalue weighted by Crippen LogP contribution is -2.35. The first kappa shape index (κ1) is 9.60. The molecule has 70 valence electrons. The zero-order valence-electron chi connectivity index (χ0n) is 7.40. The number of anilines is 1. The largest absolute Gasteiger partial charge is 0.320 e. The molecule has 5 heteroatoms. The number of carbonyl (C=O) groups is 1. The summed E-state index contributed by atoms with van der Waals surface area (Å²) in [6, 6.07) is 2.87. The van der Waals surface area contributed by atoms with Crippen LogP contribution in [-0.4, -0.2) is 22.1 Å². The molecule has 0 saturated heterocycles. The van der Waals surface area contributed by atoms with Crippen molar-refractivity contribution in [3.8, 4) is 0 Å². The second-order valence-corrected chi connectivity index (χ2v) is 2.61. The number of nitrogens with one attached hydrogen (secondary N) is 1. The van der Waals surface area contributed by atoms with Crippen LogP contribution in [0.1, 0.15) is 13.3 Å². The first-order valence-electron chi connectivity index (χ1n) is 4.08. The zero-order chi connectivity index (χ0) is 9.68. The van der Waals surface area contributed by atoms with Gasteiger partial charge in [-0.15, -0.1) is 5.10 Å². The summed E-state index contributed by atoms with van der Waals surface area (Å²) in [6.45, 7) is 1.85. The molecule has 1 amide bonds. The van der Waals surface area contributed by atoms with E-state index in [1.165, 1.54) is 6.20 Å². The Morgan fingerprint density at radius 1 is 1.77 bits per heavy atom. The first-order chi connectivity index (χ1) is 6.24. The molecule has 0 bridgehead atoms. The molecule has 1 rings (SSSR count). The minimum Gasteiger partial charge on any atom is -0.320 e. The quantitative estimate of drug-likeness (QED) is 0.694. The van der Waals surface area contributed by atoms with E-state index in [9.17, 15) is 4.79 Å². The maximum Gasteiger partial charge on any atom is 0.242 e. The van der Waals surface area contributed by atoms with Crippen LogP contribution in [0.25, 0.3) is 0 Å². The number of amides is 1. The van der Waals surface area contributed by atoms with Crippen LogP contribution < -0.4 is 11.1 Å². The predicted octanol–water partition coefficient (Wildman–Crippen LogP) is 0.152. The van der Waals surface area contributed by atoms with Gasteiger partial charge < -0.3 is 11.1 Å². The highest BCUT2D eigenvalue weighted by atomic mass is 16.2. The molecule has 0 aliphatic carbocycles. The Morgan fingerprint density at radius 2 is 2.54 bits per heavy atom. The van der Waals surface area contributed by atoms with Gasteiger partial charge >= 0.3 is 0 Å². The van der Waals surface area contributed by atoms with Crippen LogP contribution >= 0.6 is 0 Å². The third-order valence-electron chi connectivity index (χ3n) is 1.60. The van der Waals surface area contributed by atoms with Crippen molar-refractivity contribution >= 4 is 11.7 Å². The van der Waals surface area contributed by atoms with E-state index in [-0.39, 0.29) is 5.91 Å². The van der Waals surface area contributed by atoms with Gasteiger partial charge in [0.1, 0.15) is 0 Å². The van der Waals surface area contributed by atoms with Crippen LogP contribution in [0, 0.1) is 0 Å². The number of nitrogens with zero attached hydrogens (tertiary/aromatic N) is 2. The molecule has 0 aromatic carbocycles. The monoisotopic (exact) mass is 180 g/mol. The van der Waals surface area contributed by atoms with Gasteiger partial charge in [0, 0.05) is 6.20 Å². The summed E-state index contributed by atoms with van der Waals surface area (Å²) in [5.41, 5.74) is 5.50. The number of nitrogens with two attached hydrogens (primary N) is 1. The van der Waals surface area contributed by atoms with Crippen molar-refractivity contribution < 1.29 is 4.79 Å². The van der Waals surface area contributed by atoms with E-state index in [2.05, 4.69) is 15.5 Å². The predicted molar refractivity (Wildman–Crippen MR) is 48.9 cm³/mol. The number of aromatic nitrogens is 2. The van der Waals surface area contributed by atoms with E-state index in [0.29, 0.717) is 12.2 Å². The van der Waals surface area contributed by atoms with Gasteiger partial charge in [-0.1, -0.05) is 6.92 Å². The molecule has 0 aliphatic heterocycles. The molecule has 0 saturated carbocycles. The Hall–Kier alpha value is -1.49. The number of rotatable bonds is 3. The third-order valence-corrected chi connectivity index (χ3v) is 1.60. The van der Waals surface area contributed by atoms with E-state index in [1.807, 2.05) is 6.92 Å². The fourth-order valence-electron chi connectivity index (χ4n) is 0.773. The topological polar surface area (TPSA) is 80.9 Å². The van der Waals surface area contributed by atoms with Gasteiger partial charge in [-0.2, -0.15) is 5.10 Å². The second-order valence-electron chi connectivity index (χ2n) is 2.61. The van der Waals surface area contributed by atoms with Crippen molar-refractivity contribution in [3.63, 3.8) is 0 Å². The lowest BCUT2D eigenvalue weighted by molar-refractivity contribution is -0.117. The average molecular weight is 180 g/mol. The van der Waals surface area contributed by atoms with Gasteiger partial charge in [-0.05, 0) is 18.6 Å². The summed E-state index contributed by atoms with van der Waals surface area (Å²) in [7, 11) is 0. The van der Waals surface area contributed by atoms with Crippen LogP contribution in [0.5, 0.6) is 0 Å². The highest BCUT2D eigenvalue weighted by molar-refractivity contribution is 5.93. The maximum atomic E-state index is 11.2. The zero-order valence-corrected chi connectivity index (χ0v) is 7.40. The molecular weight excluding hydrogens is 168 g/mol. The molecule has 0 radical (unpaired) electrons. The van der Waals surface area contributed by atoms with Crippen molar-refractivity contribution in [2.45, 2.75) is 19.4 Å². The van der Waals surface area contributed by atoms with Gasteiger partial charge in [0.05, 0.1) is 6.04 Å². The molecule has 5 nitrogen and oxygen atoms in total. The van der Waals surface area contributed by atoms with E-state index in [1.54, 1.807) is 12.1 Å². The molecule has 1 atom stereocenters. The Bertz CT molecular complexity index is 275. The molecule has 0 spiro atoms. The minimum atomic E-state index is -0.484. The van der Waals surface area contributed by atoms with Gasteiger partial charge in [-0.3, -0.25) is 4.79 Å². The van der Waals surface area contributed by atoms with Crippen LogP contribution in [0.4, 0.5) is 5.82 Å². The van der Waals surface area contributed by atoms with Gasteiger partial charge in [0.2, 0.25) is 5.91 Å². The smallest absolute Gasteiger partial charge is 0.242 e. The number of hydrogen-bond donors (Lipinski definition) is 2. The van der Waals surface area contributed by atoms with E-state index >= 15 is 0 Å². The SMILES string of the molecule is CC[C@@H](N)C(=O)Nc1cccnn1. The fraction of sp³-hybridized carbons (Fsp3) is 0.375. The minimum absolute atomic E-state index is 0.233. The fourth-order valence-corrected chi connectivity index (χ4v) is 0.773.